The van der Waals surface area contributed by atoms with Crippen LogP contribution < -0.4 is 4.74 Å². The van der Waals surface area contributed by atoms with E-state index in [1.54, 1.807) is 6.92 Å². The van der Waals surface area contributed by atoms with Gasteiger partial charge >= 0.3 is 5.97 Å². The molecule has 0 aromatic heterocycles. The summed E-state index contributed by atoms with van der Waals surface area (Å²) in [7, 11) is 1.16. The van der Waals surface area contributed by atoms with Crippen molar-refractivity contribution in [1.82, 2.24) is 0 Å². The molecule has 0 radical (unpaired) electrons. The van der Waals surface area contributed by atoms with Crippen LogP contribution in [0.5, 0.6) is 11.5 Å². The number of methoxy groups -OCH3 is 1. The third kappa shape index (κ3) is 2.73. The lowest BCUT2D eigenvalue weighted by atomic mass is 10.1. The standard InChI is InChI=1S/C11H12BrFO5/c1-3-18-11(16)9(15)7-5(12)4-6(14)10(17-2)8(7)13/h4,9,14-15H,3H2,1-2H3. The van der Waals surface area contributed by atoms with Crippen molar-refractivity contribution in [3.63, 3.8) is 0 Å². The molecular formula is C11H12BrFO5. The topological polar surface area (TPSA) is 76.0 Å². The summed E-state index contributed by atoms with van der Waals surface area (Å²) in [5, 5.41) is 19.1. The quantitative estimate of drug-likeness (QED) is 0.828. The van der Waals surface area contributed by atoms with Gasteiger partial charge in [0.2, 0.25) is 0 Å². The molecule has 1 rings (SSSR count). The number of phenolic OH excluding ortho intramolecular Hbond substituents is 1. The molecule has 2 N–H and O–H groups in total. The predicted octanol–water partition coefficient (Wildman–Crippen LogP) is 1.90. The number of esters is 1. The first-order chi connectivity index (χ1) is 8.43. The van der Waals surface area contributed by atoms with E-state index in [-0.39, 0.29) is 16.6 Å². The third-order valence-corrected chi connectivity index (χ3v) is 2.83. The molecule has 1 unspecified atom stereocenters. The molecular weight excluding hydrogens is 311 g/mol. The van der Waals surface area contributed by atoms with Gasteiger partial charge < -0.3 is 19.7 Å². The lowest BCUT2D eigenvalue weighted by Crippen LogP contribution is -2.17. The monoisotopic (exact) mass is 322 g/mol. The maximum absolute atomic E-state index is 14.0. The highest BCUT2D eigenvalue weighted by Gasteiger charge is 2.28. The number of hydrogen-bond donors (Lipinski definition) is 2. The summed E-state index contributed by atoms with van der Waals surface area (Å²) in [5.74, 6) is -2.90. The van der Waals surface area contributed by atoms with Crippen molar-refractivity contribution in [2.45, 2.75) is 13.0 Å². The lowest BCUT2D eigenvalue weighted by molar-refractivity contribution is -0.153. The number of aliphatic hydroxyl groups is 1. The maximum atomic E-state index is 14.0. The van der Waals surface area contributed by atoms with Gasteiger partial charge in [-0.05, 0) is 13.0 Å². The van der Waals surface area contributed by atoms with E-state index in [0.29, 0.717) is 0 Å². The second-order valence-corrected chi connectivity index (χ2v) is 4.15. The zero-order valence-electron chi connectivity index (χ0n) is 9.74. The fourth-order valence-electron chi connectivity index (χ4n) is 1.39. The molecule has 0 heterocycles. The Balaban J connectivity index is 3.28. The molecule has 0 fully saturated rings. The van der Waals surface area contributed by atoms with Crippen molar-refractivity contribution in [1.29, 1.82) is 0 Å². The molecule has 1 aromatic rings. The van der Waals surface area contributed by atoms with Crippen LogP contribution >= 0.6 is 15.9 Å². The van der Waals surface area contributed by atoms with E-state index in [0.717, 1.165) is 13.2 Å². The van der Waals surface area contributed by atoms with Crippen LogP contribution in [-0.2, 0) is 9.53 Å². The Morgan fingerprint density at radius 2 is 2.22 bits per heavy atom. The number of hydrogen-bond acceptors (Lipinski definition) is 5. The normalized spacial score (nSPS) is 12.1. The smallest absolute Gasteiger partial charge is 0.339 e. The van der Waals surface area contributed by atoms with Gasteiger partial charge in [-0.1, -0.05) is 15.9 Å². The largest absolute Gasteiger partial charge is 0.504 e. The Morgan fingerprint density at radius 1 is 1.61 bits per heavy atom. The first-order valence-corrected chi connectivity index (χ1v) is 5.82. The van der Waals surface area contributed by atoms with Gasteiger partial charge in [0.25, 0.3) is 0 Å². The zero-order valence-corrected chi connectivity index (χ0v) is 11.3. The minimum Gasteiger partial charge on any atom is -0.504 e. The summed E-state index contributed by atoms with van der Waals surface area (Å²) in [6.07, 6.45) is -1.80. The van der Waals surface area contributed by atoms with E-state index in [1.165, 1.54) is 0 Å². The van der Waals surface area contributed by atoms with Crippen LogP contribution in [0.2, 0.25) is 0 Å². The molecule has 0 saturated heterocycles. The van der Waals surface area contributed by atoms with Crippen molar-refractivity contribution in [3.05, 3.63) is 21.9 Å². The van der Waals surface area contributed by atoms with Gasteiger partial charge in [0.05, 0.1) is 13.7 Å². The highest BCUT2D eigenvalue weighted by atomic mass is 79.9. The Hall–Kier alpha value is -1.34. The van der Waals surface area contributed by atoms with E-state index >= 15 is 0 Å². The van der Waals surface area contributed by atoms with E-state index < -0.39 is 29.4 Å². The molecule has 0 aliphatic heterocycles. The van der Waals surface area contributed by atoms with Gasteiger partial charge in [-0.25, -0.2) is 9.18 Å². The van der Waals surface area contributed by atoms with Gasteiger partial charge in [0.15, 0.2) is 23.4 Å². The second-order valence-electron chi connectivity index (χ2n) is 3.29. The van der Waals surface area contributed by atoms with E-state index in [4.69, 9.17) is 0 Å². The molecule has 0 bridgehead atoms. The van der Waals surface area contributed by atoms with Gasteiger partial charge in [0.1, 0.15) is 0 Å². The molecule has 7 heteroatoms. The molecule has 1 atom stereocenters. The Bertz CT molecular complexity index is 463. The first-order valence-electron chi connectivity index (χ1n) is 5.03. The van der Waals surface area contributed by atoms with Crippen LogP contribution in [0.15, 0.2) is 10.5 Å². The molecule has 0 spiro atoms. The molecule has 5 nitrogen and oxygen atoms in total. The van der Waals surface area contributed by atoms with Crippen LogP contribution in [0.1, 0.15) is 18.6 Å². The maximum Gasteiger partial charge on any atom is 0.339 e. The summed E-state index contributed by atoms with van der Waals surface area (Å²) in [6, 6.07) is 1.12. The lowest BCUT2D eigenvalue weighted by Gasteiger charge is -2.15. The van der Waals surface area contributed by atoms with Crippen molar-refractivity contribution in [2.24, 2.45) is 0 Å². The number of benzene rings is 1. The van der Waals surface area contributed by atoms with Crippen LogP contribution in [0.25, 0.3) is 0 Å². The van der Waals surface area contributed by atoms with Gasteiger partial charge in [-0.2, -0.15) is 0 Å². The average Bonchev–Trinajstić information content (AvgIpc) is 2.29. The fraction of sp³-hybridized carbons (Fsp3) is 0.364. The van der Waals surface area contributed by atoms with Crippen molar-refractivity contribution < 1.29 is 28.9 Å². The van der Waals surface area contributed by atoms with E-state index in [2.05, 4.69) is 25.4 Å². The molecule has 0 amide bonds. The van der Waals surface area contributed by atoms with E-state index in [9.17, 15) is 19.4 Å². The van der Waals surface area contributed by atoms with Gasteiger partial charge in [0, 0.05) is 10.0 Å². The minimum absolute atomic E-state index is 0.0406. The van der Waals surface area contributed by atoms with Crippen LogP contribution in [-0.4, -0.2) is 29.9 Å². The predicted molar refractivity (Wildman–Crippen MR) is 63.9 cm³/mol. The van der Waals surface area contributed by atoms with Gasteiger partial charge in [-0.15, -0.1) is 0 Å². The summed E-state index contributed by atoms with van der Waals surface area (Å²) >= 11 is 2.96. The SMILES string of the molecule is CCOC(=O)C(O)c1c(Br)cc(O)c(OC)c1F. The number of phenols is 1. The number of aliphatic hydroxyl groups excluding tert-OH is 1. The molecule has 18 heavy (non-hydrogen) atoms. The minimum atomic E-state index is -1.80. The molecule has 1 aromatic carbocycles. The molecule has 100 valence electrons. The second kappa shape index (κ2) is 6.01. The van der Waals surface area contributed by atoms with Crippen LogP contribution in [0, 0.1) is 5.82 Å². The van der Waals surface area contributed by atoms with Gasteiger partial charge in [-0.3, -0.25) is 0 Å². The Labute approximate surface area is 111 Å². The Morgan fingerprint density at radius 3 is 2.72 bits per heavy atom. The number of ether oxygens (including phenoxy) is 2. The number of carbonyl (C=O) groups excluding carboxylic acids is 1. The number of aromatic hydroxyl groups is 1. The first kappa shape index (κ1) is 14.7. The van der Waals surface area contributed by atoms with Crippen molar-refractivity contribution in [2.75, 3.05) is 13.7 Å². The number of carbonyl (C=O) groups is 1. The van der Waals surface area contributed by atoms with Crippen molar-refractivity contribution in [3.8, 4) is 11.5 Å². The van der Waals surface area contributed by atoms with Crippen molar-refractivity contribution >= 4 is 21.9 Å². The summed E-state index contributed by atoms with van der Waals surface area (Å²) < 4.78 is 23.2. The third-order valence-electron chi connectivity index (χ3n) is 2.18. The summed E-state index contributed by atoms with van der Waals surface area (Å²) in [5.41, 5.74) is -0.344. The average molecular weight is 323 g/mol. The number of halogens is 2. The van der Waals surface area contributed by atoms with Crippen LogP contribution in [0.4, 0.5) is 4.39 Å². The zero-order chi connectivity index (χ0) is 13.9. The highest BCUT2D eigenvalue weighted by molar-refractivity contribution is 9.10. The van der Waals surface area contributed by atoms with E-state index in [1.807, 2.05) is 0 Å². The number of rotatable bonds is 4. The molecule has 0 aliphatic carbocycles. The molecule has 0 saturated carbocycles. The summed E-state index contributed by atoms with van der Waals surface area (Å²) in [4.78, 5) is 11.4. The Kier molecular flexibility index (Phi) is 4.92. The highest BCUT2D eigenvalue weighted by Crippen LogP contribution is 2.39. The molecule has 0 aliphatic rings. The van der Waals surface area contributed by atoms with Crippen LogP contribution in [0.3, 0.4) is 0 Å². The summed E-state index contributed by atoms with van der Waals surface area (Å²) in [6.45, 7) is 1.62. The fourth-order valence-corrected chi connectivity index (χ4v) is 1.99.